The van der Waals surface area contributed by atoms with E-state index >= 15 is 0 Å². The van der Waals surface area contributed by atoms with Crippen molar-refractivity contribution in [2.45, 2.75) is 6.54 Å². The predicted molar refractivity (Wildman–Crippen MR) is 80.7 cm³/mol. The molecule has 7 heteroatoms. The van der Waals surface area contributed by atoms with Gasteiger partial charge in [-0.2, -0.15) is 8.42 Å². The van der Waals surface area contributed by atoms with E-state index in [2.05, 4.69) is 9.08 Å². The molecule has 0 atom stereocenters. The van der Waals surface area contributed by atoms with Gasteiger partial charge in [0.25, 0.3) is 0 Å². The van der Waals surface area contributed by atoms with Crippen LogP contribution in [0.15, 0.2) is 36.4 Å². The van der Waals surface area contributed by atoms with Crippen LogP contribution in [-0.2, 0) is 21.8 Å². The molecule has 118 valence electrons. The highest BCUT2D eigenvalue weighted by Crippen LogP contribution is 2.30. The van der Waals surface area contributed by atoms with Crippen LogP contribution in [0.5, 0.6) is 5.75 Å². The third-order valence-corrected chi connectivity index (χ3v) is 4.05. The number of nitrogens with zero attached hydrogens (tertiary/aromatic N) is 1. The Balaban J connectivity index is 2.03. The highest BCUT2D eigenvalue weighted by molar-refractivity contribution is 7.81. The second kappa shape index (κ2) is 6.20. The van der Waals surface area contributed by atoms with E-state index in [4.69, 9.17) is 4.74 Å². The van der Waals surface area contributed by atoms with E-state index in [9.17, 15) is 12.3 Å². The topological polar surface area (TPSA) is 55.8 Å². The largest absolute Gasteiger partial charge is 0.488 e. The number of fused-ring (bicyclic) bond motifs is 1. The summed E-state index contributed by atoms with van der Waals surface area (Å²) in [6, 6.07) is 10.8. The predicted octanol–water partition coefficient (Wildman–Crippen LogP) is 2.27. The zero-order valence-electron chi connectivity index (χ0n) is 11.9. The summed E-state index contributed by atoms with van der Waals surface area (Å²) >= 11 is 0. The number of rotatable bonds is 4. The Kier molecular flexibility index (Phi) is 4.28. The molecule has 0 spiro atoms. The highest BCUT2D eigenvalue weighted by Gasteiger charge is 2.19. The normalized spacial score (nSPS) is 16.8. The third kappa shape index (κ3) is 3.55. The molecule has 0 N–H and O–H groups in total. The van der Waals surface area contributed by atoms with Crippen molar-refractivity contribution in [1.82, 2.24) is 4.90 Å². The van der Waals surface area contributed by atoms with Gasteiger partial charge in [0.1, 0.15) is 5.75 Å². The summed E-state index contributed by atoms with van der Waals surface area (Å²) in [6.07, 6.45) is 0. The Bertz CT molecular complexity index is 772. The van der Waals surface area contributed by atoms with Crippen molar-refractivity contribution < 1.29 is 21.2 Å². The Hall–Kier alpha value is -1.70. The molecule has 0 aliphatic carbocycles. The van der Waals surface area contributed by atoms with Crippen molar-refractivity contribution >= 4 is 21.3 Å². The van der Waals surface area contributed by atoms with Crippen LogP contribution in [0.1, 0.15) is 5.56 Å². The van der Waals surface area contributed by atoms with E-state index < -0.39 is 10.5 Å². The van der Waals surface area contributed by atoms with Crippen molar-refractivity contribution in [3.05, 3.63) is 42.0 Å². The summed E-state index contributed by atoms with van der Waals surface area (Å²) in [5.41, 5.74) is 0.668. The molecule has 0 amide bonds. The first kappa shape index (κ1) is 15.2. The van der Waals surface area contributed by atoms with Gasteiger partial charge in [-0.25, -0.2) is 0 Å². The summed E-state index contributed by atoms with van der Waals surface area (Å²) in [4.78, 5) is 2.13. The van der Waals surface area contributed by atoms with Gasteiger partial charge in [0, 0.05) is 25.2 Å². The molecule has 1 saturated heterocycles. The standard InChI is InChI=1S/C15H16FNO4S/c16-22(18,19)21-15-6-5-12-3-1-2-4-13(12)14(15)11-17-7-9-20-10-8-17/h1-6H,7-11H2. The monoisotopic (exact) mass is 325 g/mol. The molecule has 1 heterocycles. The summed E-state index contributed by atoms with van der Waals surface area (Å²) in [6.45, 7) is 3.22. The van der Waals surface area contributed by atoms with Crippen LogP contribution in [0.25, 0.3) is 10.8 Å². The van der Waals surface area contributed by atoms with Crippen molar-refractivity contribution in [2.75, 3.05) is 26.3 Å². The Morgan fingerprint density at radius 3 is 2.59 bits per heavy atom. The average molecular weight is 325 g/mol. The van der Waals surface area contributed by atoms with E-state index in [1.165, 1.54) is 6.07 Å². The lowest BCUT2D eigenvalue weighted by molar-refractivity contribution is 0.0342. The summed E-state index contributed by atoms with van der Waals surface area (Å²) in [5.74, 6) is 0.0349. The minimum absolute atomic E-state index is 0.0349. The Morgan fingerprint density at radius 1 is 1.14 bits per heavy atom. The van der Waals surface area contributed by atoms with Gasteiger partial charge in [0.05, 0.1) is 13.2 Å². The maximum absolute atomic E-state index is 12.9. The molecule has 1 fully saturated rings. The van der Waals surface area contributed by atoms with Gasteiger partial charge >= 0.3 is 10.5 Å². The molecule has 1 aliphatic heterocycles. The summed E-state index contributed by atoms with van der Waals surface area (Å²) < 4.78 is 44.5. The highest BCUT2D eigenvalue weighted by atomic mass is 32.3. The van der Waals surface area contributed by atoms with E-state index in [1.54, 1.807) is 6.07 Å². The smallest absolute Gasteiger partial charge is 0.379 e. The molecule has 0 unspecified atom stereocenters. The molecule has 5 nitrogen and oxygen atoms in total. The number of hydrogen-bond donors (Lipinski definition) is 0. The molecule has 0 bridgehead atoms. The van der Waals surface area contributed by atoms with E-state index in [-0.39, 0.29) is 5.75 Å². The maximum Gasteiger partial charge on any atom is 0.488 e. The fourth-order valence-corrected chi connectivity index (χ4v) is 3.02. The second-order valence-electron chi connectivity index (χ2n) is 5.13. The molecule has 1 aliphatic rings. The number of hydrogen-bond acceptors (Lipinski definition) is 5. The molecule has 0 aromatic heterocycles. The van der Waals surface area contributed by atoms with E-state index in [0.717, 1.165) is 23.9 Å². The van der Waals surface area contributed by atoms with Crippen molar-refractivity contribution in [2.24, 2.45) is 0 Å². The van der Waals surface area contributed by atoms with Crippen LogP contribution in [0.3, 0.4) is 0 Å². The molecule has 0 radical (unpaired) electrons. The molecular weight excluding hydrogens is 309 g/mol. The van der Waals surface area contributed by atoms with Crippen molar-refractivity contribution in [3.63, 3.8) is 0 Å². The van der Waals surface area contributed by atoms with Gasteiger partial charge in [-0.15, -0.1) is 0 Å². The Morgan fingerprint density at radius 2 is 1.86 bits per heavy atom. The first-order chi connectivity index (χ1) is 10.5. The number of ether oxygens (including phenoxy) is 1. The van der Waals surface area contributed by atoms with Gasteiger partial charge in [-0.1, -0.05) is 34.2 Å². The van der Waals surface area contributed by atoms with Gasteiger partial charge in [-0.05, 0) is 16.8 Å². The SMILES string of the molecule is O=S(=O)(F)Oc1ccc2ccccc2c1CN1CCOCC1. The maximum atomic E-state index is 12.9. The van der Waals surface area contributed by atoms with Crippen LogP contribution >= 0.6 is 0 Å². The second-order valence-corrected chi connectivity index (χ2v) is 6.08. The number of benzene rings is 2. The van der Waals surface area contributed by atoms with Gasteiger partial charge < -0.3 is 8.92 Å². The lowest BCUT2D eigenvalue weighted by Gasteiger charge is -2.27. The molecule has 0 saturated carbocycles. The fraction of sp³-hybridized carbons (Fsp3) is 0.333. The lowest BCUT2D eigenvalue weighted by Crippen LogP contribution is -2.35. The lowest BCUT2D eigenvalue weighted by atomic mass is 10.0. The van der Waals surface area contributed by atoms with Crippen molar-refractivity contribution in [3.8, 4) is 5.75 Å². The minimum Gasteiger partial charge on any atom is -0.379 e. The van der Waals surface area contributed by atoms with Crippen LogP contribution in [0, 0.1) is 0 Å². The molecule has 2 aromatic carbocycles. The summed E-state index contributed by atoms with van der Waals surface area (Å²) in [5, 5.41) is 1.81. The number of morpholine rings is 1. The minimum atomic E-state index is -5.05. The van der Waals surface area contributed by atoms with E-state index in [0.29, 0.717) is 25.3 Å². The molecular formula is C15H16FNO4S. The van der Waals surface area contributed by atoms with Gasteiger partial charge in [0.15, 0.2) is 0 Å². The first-order valence-electron chi connectivity index (χ1n) is 6.98. The molecule has 3 rings (SSSR count). The van der Waals surface area contributed by atoms with Crippen LogP contribution in [0.4, 0.5) is 3.89 Å². The Labute approximate surface area is 128 Å². The molecule has 2 aromatic rings. The molecule has 22 heavy (non-hydrogen) atoms. The fourth-order valence-electron chi connectivity index (χ4n) is 2.65. The first-order valence-corrected chi connectivity index (χ1v) is 8.28. The van der Waals surface area contributed by atoms with Crippen LogP contribution in [0.2, 0.25) is 0 Å². The van der Waals surface area contributed by atoms with Crippen LogP contribution in [-0.4, -0.2) is 39.6 Å². The van der Waals surface area contributed by atoms with Crippen molar-refractivity contribution in [1.29, 1.82) is 0 Å². The number of halogens is 1. The van der Waals surface area contributed by atoms with Gasteiger partial charge in [0.2, 0.25) is 0 Å². The zero-order chi connectivity index (χ0) is 15.6. The quantitative estimate of drug-likeness (QED) is 0.807. The third-order valence-electron chi connectivity index (χ3n) is 3.67. The average Bonchev–Trinajstić information content (AvgIpc) is 2.49. The summed E-state index contributed by atoms with van der Waals surface area (Å²) in [7, 11) is -5.05. The van der Waals surface area contributed by atoms with Crippen LogP contribution < -0.4 is 4.18 Å². The van der Waals surface area contributed by atoms with Gasteiger partial charge in [-0.3, -0.25) is 4.90 Å². The zero-order valence-corrected chi connectivity index (χ0v) is 12.7. The van der Waals surface area contributed by atoms with E-state index in [1.807, 2.05) is 24.3 Å².